The van der Waals surface area contributed by atoms with E-state index < -0.39 is 11.9 Å². The van der Waals surface area contributed by atoms with Crippen LogP contribution in [0.3, 0.4) is 0 Å². The van der Waals surface area contributed by atoms with Crippen LogP contribution in [-0.2, 0) is 23.9 Å². The van der Waals surface area contributed by atoms with E-state index in [1.165, 1.54) is 14.2 Å². The molecule has 1 aliphatic heterocycles. The van der Waals surface area contributed by atoms with Crippen molar-refractivity contribution in [2.24, 2.45) is 0 Å². The first kappa shape index (κ1) is 23.6. The second-order valence-electron chi connectivity index (χ2n) is 7.30. The molecule has 0 saturated carbocycles. The van der Waals surface area contributed by atoms with Gasteiger partial charge in [0, 0.05) is 43.6 Å². The average Bonchev–Trinajstić information content (AvgIpc) is 2.87. The van der Waals surface area contributed by atoms with Crippen molar-refractivity contribution in [2.75, 3.05) is 50.6 Å². The van der Waals surface area contributed by atoms with Gasteiger partial charge in [-0.3, -0.25) is 4.79 Å². The van der Waals surface area contributed by atoms with Crippen molar-refractivity contribution in [1.82, 2.24) is 4.90 Å². The van der Waals surface area contributed by atoms with Gasteiger partial charge in [-0.25, -0.2) is 9.59 Å². The largest absolute Gasteiger partial charge is 0.466 e. The second kappa shape index (κ2) is 11.5. The highest BCUT2D eigenvalue weighted by Gasteiger charge is 2.20. The zero-order chi connectivity index (χ0) is 23.6. The van der Waals surface area contributed by atoms with Gasteiger partial charge in [-0.1, -0.05) is 30.3 Å². The van der Waals surface area contributed by atoms with Crippen LogP contribution < -0.4 is 10.2 Å². The van der Waals surface area contributed by atoms with Gasteiger partial charge in [-0.2, -0.15) is 0 Å². The van der Waals surface area contributed by atoms with Crippen LogP contribution in [-0.4, -0.2) is 63.1 Å². The molecule has 1 N–H and O–H groups in total. The highest BCUT2D eigenvalue weighted by atomic mass is 16.5. The van der Waals surface area contributed by atoms with Crippen molar-refractivity contribution in [2.45, 2.75) is 0 Å². The molecule has 33 heavy (non-hydrogen) atoms. The third-order valence-corrected chi connectivity index (χ3v) is 5.19. The summed E-state index contributed by atoms with van der Waals surface area (Å²) in [6.07, 6.45) is 4.49. The van der Waals surface area contributed by atoms with Crippen LogP contribution in [0.15, 0.2) is 72.4 Å². The maximum absolute atomic E-state index is 12.5. The molecular weight excluding hydrogens is 422 g/mol. The Morgan fingerprint density at radius 2 is 1.55 bits per heavy atom. The molecule has 2 aromatic carbocycles. The number of piperazine rings is 1. The average molecular weight is 450 g/mol. The first-order valence-corrected chi connectivity index (χ1v) is 10.5. The number of methoxy groups -OCH3 is 2. The maximum Gasteiger partial charge on any atom is 0.354 e. The highest BCUT2D eigenvalue weighted by molar-refractivity contribution is 5.98. The topological polar surface area (TPSA) is 88.2 Å². The molecule has 1 saturated heterocycles. The minimum atomic E-state index is -0.674. The molecule has 0 bridgehead atoms. The Hall–Kier alpha value is -4.07. The Labute approximate surface area is 193 Å². The zero-order valence-corrected chi connectivity index (χ0v) is 18.7. The number of rotatable bonds is 7. The minimum absolute atomic E-state index is 0.00536. The van der Waals surface area contributed by atoms with Crippen LogP contribution in [0.2, 0.25) is 0 Å². The summed E-state index contributed by atoms with van der Waals surface area (Å²) in [5.41, 5.74) is 2.60. The standard InChI is InChI=1S/C25H27N3O5/c1-32-24(30)18-22(25(31)33-2)26-20-9-11-21(12-10-20)27-14-16-28(17-15-27)23(29)13-8-19-6-4-3-5-7-19/h3-13,18,26H,14-17H2,1-2H3/b13-8?,22-18+. The van der Waals surface area contributed by atoms with Crippen molar-refractivity contribution in [3.63, 3.8) is 0 Å². The van der Waals surface area contributed by atoms with E-state index in [2.05, 4.69) is 15.0 Å². The van der Waals surface area contributed by atoms with Crippen LogP contribution >= 0.6 is 0 Å². The Bertz CT molecular complexity index is 1020. The number of anilines is 2. The summed E-state index contributed by atoms with van der Waals surface area (Å²) in [4.78, 5) is 39.9. The number of carbonyl (C=O) groups excluding carboxylic acids is 3. The Morgan fingerprint density at radius 1 is 0.879 bits per heavy atom. The molecule has 1 fully saturated rings. The molecule has 3 rings (SSSR count). The first-order chi connectivity index (χ1) is 16.0. The van der Waals surface area contributed by atoms with E-state index in [9.17, 15) is 14.4 Å². The van der Waals surface area contributed by atoms with E-state index in [1.807, 2.05) is 65.6 Å². The number of hydrogen-bond donors (Lipinski definition) is 1. The highest BCUT2D eigenvalue weighted by Crippen LogP contribution is 2.21. The molecule has 0 spiro atoms. The van der Waals surface area contributed by atoms with Crippen LogP contribution in [0.4, 0.5) is 11.4 Å². The van der Waals surface area contributed by atoms with Crippen LogP contribution in [0.1, 0.15) is 5.56 Å². The fraction of sp³-hybridized carbons (Fsp3) is 0.240. The van der Waals surface area contributed by atoms with Gasteiger partial charge in [-0.15, -0.1) is 0 Å². The summed E-state index contributed by atoms with van der Waals surface area (Å²) in [6, 6.07) is 17.2. The molecule has 8 nitrogen and oxygen atoms in total. The van der Waals surface area contributed by atoms with Gasteiger partial charge in [0.05, 0.1) is 20.3 Å². The van der Waals surface area contributed by atoms with E-state index >= 15 is 0 Å². The first-order valence-electron chi connectivity index (χ1n) is 10.5. The molecule has 172 valence electrons. The molecule has 0 atom stereocenters. The van der Waals surface area contributed by atoms with Gasteiger partial charge in [0.25, 0.3) is 0 Å². The predicted molar refractivity (Wildman–Crippen MR) is 126 cm³/mol. The molecule has 0 aromatic heterocycles. The zero-order valence-electron chi connectivity index (χ0n) is 18.7. The molecule has 0 unspecified atom stereocenters. The number of amides is 1. The summed E-state index contributed by atoms with van der Waals surface area (Å²) in [7, 11) is 2.47. The smallest absolute Gasteiger partial charge is 0.354 e. The maximum atomic E-state index is 12.5. The number of benzene rings is 2. The molecule has 0 aliphatic carbocycles. The number of nitrogens with one attached hydrogen (secondary N) is 1. The Morgan fingerprint density at radius 3 is 2.15 bits per heavy atom. The molecule has 0 radical (unpaired) electrons. The van der Waals surface area contributed by atoms with Crippen molar-refractivity contribution < 1.29 is 23.9 Å². The number of hydrogen-bond acceptors (Lipinski definition) is 7. The lowest BCUT2D eigenvalue weighted by molar-refractivity contribution is -0.138. The monoisotopic (exact) mass is 449 g/mol. The molecule has 2 aromatic rings. The van der Waals surface area contributed by atoms with E-state index in [0.29, 0.717) is 31.9 Å². The van der Waals surface area contributed by atoms with E-state index in [4.69, 9.17) is 4.74 Å². The van der Waals surface area contributed by atoms with Crippen LogP contribution in [0.5, 0.6) is 0 Å². The molecular formula is C25H27N3O5. The van der Waals surface area contributed by atoms with Crippen molar-refractivity contribution in [1.29, 1.82) is 0 Å². The number of nitrogens with zero attached hydrogens (tertiary/aromatic N) is 2. The summed E-state index contributed by atoms with van der Waals surface area (Å²) >= 11 is 0. The summed E-state index contributed by atoms with van der Waals surface area (Å²) in [5, 5.41) is 2.88. The van der Waals surface area contributed by atoms with E-state index in [1.54, 1.807) is 6.08 Å². The van der Waals surface area contributed by atoms with Crippen LogP contribution in [0.25, 0.3) is 6.08 Å². The molecule has 1 heterocycles. The summed E-state index contributed by atoms with van der Waals surface area (Å²) in [6.45, 7) is 2.69. The minimum Gasteiger partial charge on any atom is -0.466 e. The fourth-order valence-electron chi connectivity index (χ4n) is 3.37. The van der Waals surface area contributed by atoms with Gasteiger partial charge in [0.2, 0.25) is 5.91 Å². The van der Waals surface area contributed by atoms with Gasteiger partial charge < -0.3 is 24.6 Å². The van der Waals surface area contributed by atoms with Crippen molar-refractivity contribution in [3.8, 4) is 0 Å². The van der Waals surface area contributed by atoms with Crippen molar-refractivity contribution >= 4 is 35.3 Å². The van der Waals surface area contributed by atoms with E-state index in [0.717, 1.165) is 17.3 Å². The Kier molecular flexibility index (Phi) is 8.24. The quantitative estimate of drug-likeness (QED) is 0.514. The third-order valence-electron chi connectivity index (χ3n) is 5.19. The van der Waals surface area contributed by atoms with E-state index in [-0.39, 0.29) is 11.6 Å². The normalized spacial score (nSPS) is 14.2. The van der Waals surface area contributed by atoms with Gasteiger partial charge in [0.1, 0.15) is 5.70 Å². The third kappa shape index (κ3) is 6.70. The number of esters is 2. The van der Waals surface area contributed by atoms with Crippen LogP contribution in [0, 0.1) is 0 Å². The SMILES string of the molecule is COC(=O)/C=C(/Nc1ccc(N2CCN(C(=O)C=Cc3ccccc3)CC2)cc1)C(=O)OC. The lowest BCUT2D eigenvalue weighted by Gasteiger charge is -2.35. The molecule has 8 heteroatoms. The summed E-state index contributed by atoms with van der Waals surface area (Å²) < 4.78 is 9.27. The predicted octanol–water partition coefficient (Wildman–Crippen LogP) is 2.69. The molecule has 1 amide bonds. The van der Waals surface area contributed by atoms with Gasteiger partial charge >= 0.3 is 11.9 Å². The van der Waals surface area contributed by atoms with Crippen molar-refractivity contribution in [3.05, 3.63) is 78.0 Å². The lowest BCUT2D eigenvalue weighted by atomic mass is 10.2. The summed E-state index contributed by atoms with van der Waals surface area (Å²) in [5.74, 6) is -1.33. The molecule has 1 aliphatic rings. The number of carbonyl (C=O) groups is 3. The lowest BCUT2D eigenvalue weighted by Crippen LogP contribution is -2.48. The Balaban J connectivity index is 1.56. The second-order valence-corrected chi connectivity index (χ2v) is 7.30. The van der Waals surface area contributed by atoms with Gasteiger partial charge in [-0.05, 0) is 35.9 Å². The van der Waals surface area contributed by atoms with Gasteiger partial charge in [0.15, 0.2) is 0 Å². The fourth-order valence-corrected chi connectivity index (χ4v) is 3.37. The number of ether oxygens (including phenoxy) is 2.